The van der Waals surface area contributed by atoms with E-state index in [4.69, 9.17) is 4.74 Å². The lowest BCUT2D eigenvalue weighted by molar-refractivity contribution is -0.118. The summed E-state index contributed by atoms with van der Waals surface area (Å²) in [5.74, 6) is -0.482. The Labute approximate surface area is 193 Å². The molecule has 0 unspecified atom stereocenters. The zero-order chi connectivity index (χ0) is 23.6. The normalized spacial score (nSPS) is 13.4. The van der Waals surface area contributed by atoms with Gasteiger partial charge < -0.3 is 10.1 Å². The number of hydrogen-bond donors (Lipinski definition) is 1. The number of fused-ring (bicyclic) bond motifs is 1. The van der Waals surface area contributed by atoms with Gasteiger partial charge in [-0.05, 0) is 79.8 Å². The van der Waals surface area contributed by atoms with Crippen LogP contribution in [0.25, 0.3) is 0 Å². The van der Waals surface area contributed by atoms with Crippen molar-refractivity contribution in [3.8, 4) is 5.75 Å². The van der Waals surface area contributed by atoms with Crippen LogP contribution in [0.15, 0.2) is 65.6 Å². The van der Waals surface area contributed by atoms with E-state index >= 15 is 0 Å². The molecule has 0 saturated heterocycles. The Bertz CT molecular complexity index is 1310. The number of carbonyl (C=O) groups excluding carboxylic acids is 1. The van der Waals surface area contributed by atoms with Crippen LogP contribution in [-0.2, 0) is 21.2 Å². The number of anilines is 2. The van der Waals surface area contributed by atoms with Crippen LogP contribution in [0.1, 0.15) is 23.1 Å². The lowest BCUT2D eigenvalue weighted by Crippen LogP contribution is -2.35. The first-order valence-corrected chi connectivity index (χ1v) is 12.1. The van der Waals surface area contributed by atoms with E-state index in [1.807, 2.05) is 24.3 Å². The number of para-hydroxylation sites is 1. The number of amides is 1. The Balaban J connectivity index is 1.47. The van der Waals surface area contributed by atoms with Crippen LogP contribution in [0.3, 0.4) is 0 Å². The fraction of sp³-hybridized carbons (Fsp3) is 0.240. The molecular weight excluding hydrogens is 443 g/mol. The molecule has 1 N–H and O–H groups in total. The molecule has 0 bridgehead atoms. The Kier molecular flexibility index (Phi) is 6.37. The predicted octanol–water partition coefficient (Wildman–Crippen LogP) is 4.60. The fourth-order valence-corrected chi connectivity index (χ4v) is 5.51. The smallest absolute Gasteiger partial charge is 0.264 e. The lowest BCUT2D eigenvalue weighted by atomic mass is 10.0. The number of benzene rings is 3. The maximum atomic E-state index is 13.4. The van der Waals surface area contributed by atoms with Crippen molar-refractivity contribution in [2.45, 2.75) is 31.6 Å². The Morgan fingerprint density at radius 1 is 1.06 bits per heavy atom. The molecule has 1 aliphatic heterocycles. The van der Waals surface area contributed by atoms with E-state index in [2.05, 4.69) is 5.32 Å². The third-order valence-corrected chi connectivity index (χ3v) is 7.44. The number of sulfonamides is 1. The van der Waals surface area contributed by atoms with E-state index < -0.39 is 21.7 Å². The van der Waals surface area contributed by atoms with Crippen molar-refractivity contribution in [2.75, 3.05) is 22.8 Å². The molecule has 4 rings (SSSR count). The number of hydrogen-bond acceptors (Lipinski definition) is 4. The van der Waals surface area contributed by atoms with Crippen molar-refractivity contribution in [1.82, 2.24) is 0 Å². The first-order chi connectivity index (χ1) is 15.8. The first kappa shape index (κ1) is 22.8. The SMILES string of the molecule is Cc1ccc(F)cc1NC(=O)COc1ccc(S(=O)(=O)N2CCCc3ccccc32)cc1C. The van der Waals surface area contributed by atoms with Crippen LogP contribution in [0.5, 0.6) is 5.75 Å². The molecule has 1 amide bonds. The maximum absolute atomic E-state index is 13.4. The van der Waals surface area contributed by atoms with E-state index in [1.54, 1.807) is 32.0 Å². The largest absolute Gasteiger partial charge is 0.483 e. The predicted molar refractivity (Wildman–Crippen MR) is 126 cm³/mol. The van der Waals surface area contributed by atoms with E-state index in [9.17, 15) is 17.6 Å². The van der Waals surface area contributed by atoms with Crippen LogP contribution in [0.2, 0.25) is 0 Å². The Morgan fingerprint density at radius 2 is 1.85 bits per heavy atom. The van der Waals surface area contributed by atoms with E-state index in [0.717, 1.165) is 24.0 Å². The number of aryl methyl sites for hydroxylation is 3. The molecule has 8 heteroatoms. The van der Waals surface area contributed by atoms with Gasteiger partial charge >= 0.3 is 0 Å². The van der Waals surface area contributed by atoms with Gasteiger partial charge in [0.15, 0.2) is 6.61 Å². The average Bonchev–Trinajstić information content (AvgIpc) is 2.80. The summed E-state index contributed by atoms with van der Waals surface area (Å²) in [5.41, 5.74) is 3.43. The molecular formula is C25H25FN2O4S. The molecule has 1 heterocycles. The monoisotopic (exact) mass is 468 g/mol. The second-order valence-corrected chi connectivity index (χ2v) is 9.90. The van der Waals surface area contributed by atoms with Crippen molar-refractivity contribution in [3.63, 3.8) is 0 Å². The van der Waals surface area contributed by atoms with Gasteiger partial charge in [-0.15, -0.1) is 0 Å². The van der Waals surface area contributed by atoms with Gasteiger partial charge in [-0.2, -0.15) is 0 Å². The summed E-state index contributed by atoms with van der Waals surface area (Å²) in [7, 11) is -3.73. The number of ether oxygens (including phenoxy) is 1. The quantitative estimate of drug-likeness (QED) is 0.574. The molecule has 0 radical (unpaired) electrons. The number of halogens is 1. The maximum Gasteiger partial charge on any atom is 0.264 e. The van der Waals surface area contributed by atoms with Gasteiger partial charge in [0, 0.05) is 12.2 Å². The zero-order valence-electron chi connectivity index (χ0n) is 18.5. The highest BCUT2D eigenvalue weighted by molar-refractivity contribution is 7.92. The lowest BCUT2D eigenvalue weighted by Gasteiger charge is -2.30. The topological polar surface area (TPSA) is 75.7 Å². The van der Waals surface area contributed by atoms with E-state index in [0.29, 0.717) is 29.2 Å². The molecule has 6 nitrogen and oxygen atoms in total. The van der Waals surface area contributed by atoms with Crippen LogP contribution in [0, 0.1) is 19.7 Å². The fourth-order valence-electron chi connectivity index (χ4n) is 3.88. The highest BCUT2D eigenvalue weighted by atomic mass is 32.2. The summed E-state index contributed by atoms with van der Waals surface area (Å²) in [6.07, 6.45) is 1.61. The van der Waals surface area contributed by atoms with Gasteiger partial charge in [0.1, 0.15) is 11.6 Å². The summed E-state index contributed by atoms with van der Waals surface area (Å²) in [4.78, 5) is 12.4. The van der Waals surface area contributed by atoms with Crippen LogP contribution in [-0.4, -0.2) is 27.5 Å². The molecule has 0 fully saturated rings. The molecule has 0 spiro atoms. The molecule has 33 heavy (non-hydrogen) atoms. The minimum atomic E-state index is -3.73. The van der Waals surface area contributed by atoms with Gasteiger partial charge in [0.25, 0.3) is 15.9 Å². The van der Waals surface area contributed by atoms with Gasteiger partial charge in [0.05, 0.1) is 10.6 Å². The minimum Gasteiger partial charge on any atom is -0.483 e. The van der Waals surface area contributed by atoms with E-state index in [-0.39, 0.29) is 11.5 Å². The van der Waals surface area contributed by atoms with Crippen LogP contribution < -0.4 is 14.4 Å². The molecule has 0 aliphatic carbocycles. The summed E-state index contributed by atoms with van der Waals surface area (Å²) in [6.45, 7) is 3.63. The van der Waals surface area contributed by atoms with Crippen LogP contribution >= 0.6 is 0 Å². The van der Waals surface area contributed by atoms with Crippen molar-refractivity contribution in [2.24, 2.45) is 0 Å². The van der Waals surface area contributed by atoms with Crippen molar-refractivity contribution in [3.05, 3.63) is 83.2 Å². The van der Waals surface area contributed by atoms with Gasteiger partial charge in [0.2, 0.25) is 0 Å². The summed E-state index contributed by atoms with van der Waals surface area (Å²) >= 11 is 0. The first-order valence-electron chi connectivity index (χ1n) is 10.7. The molecule has 172 valence electrons. The van der Waals surface area contributed by atoms with Crippen molar-refractivity contribution in [1.29, 1.82) is 0 Å². The zero-order valence-corrected chi connectivity index (χ0v) is 19.3. The summed E-state index contributed by atoms with van der Waals surface area (Å²) in [6, 6.07) is 16.3. The second kappa shape index (κ2) is 9.23. The van der Waals surface area contributed by atoms with Crippen LogP contribution in [0.4, 0.5) is 15.8 Å². The number of nitrogens with one attached hydrogen (secondary N) is 1. The molecule has 0 saturated carbocycles. The second-order valence-electron chi connectivity index (χ2n) is 8.03. The van der Waals surface area contributed by atoms with Gasteiger partial charge in [-0.3, -0.25) is 9.10 Å². The third kappa shape index (κ3) is 4.85. The highest BCUT2D eigenvalue weighted by Gasteiger charge is 2.29. The Morgan fingerprint density at radius 3 is 2.64 bits per heavy atom. The average molecular weight is 469 g/mol. The number of nitrogens with zero attached hydrogens (tertiary/aromatic N) is 1. The standard InChI is InChI=1S/C25H25FN2O4S/c1-17-9-10-20(26)15-22(17)27-25(29)16-32-24-12-11-21(14-18(24)2)33(30,31)28-13-5-7-19-6-3-4-8-23(19)28/h3-4,6,8-12,14-15H,5,7,13,16H2,1-2H3,(H,27,29). The highest BCUT2D eigenvalue weighted by Crippen LogP contribution is 2.33. The molecule has 0 atom stereocenters. The van der Waals surface area contributed by atoms with Gasteiger partial charge in [-0.25, -0.2) is 12.8 Å². The molecule has 1 aliphatic rings. The summed E-state index contributed by atoms with van der Waals surface area (Å²) in [5, 5.41) is 2.62. The molecule has 3 aromatic carbocycles. The Hall–Kier alpha value is -3.39. The van der Waals surface area contributed by atoms with Gasteiger partial charge in [-0.1, -0.05) is 24.3 Å². The number of carbonyl (C=O) groups is 1. The minimum absolute atomic E-state index is 0.170. The van der Waals surface area contributed by atoms with Crippen molar-refractivity contribution < 1.29 is 22.3 Å². The summed E-state index contributed by atoms with van der Waals surface area (Å²) < 4.78 is 47.1. The molecule has 3 aromatic rings. The number of rotatable bonds is 6. The third-order valence-electron chi connectivity index (χ3n) is 5.63. The molecule has 0 aromatic heterocycles. The van der Waals surface area contributed by atoms with E-state index in [1.165, 1.54) is 22.5 Å². The van der Waals surface area contributed by atoms with Crippen molar-refractivity contribution >= 4 is 27.3 Å².